The van der Waals surface area contributed by atoms with E-state index in [2.05, 4.69) is 32.6 Å². The third-order valence-electron chi connectivity index (χ3n) is 2.83. The minimum atomic E-state index is -3.56. The Morgan fingerprint density at radius 1 is 1.53 bits per heavy atom. The molecule has 1 fully saturated rings. The highest BCUT2D eigenvalue weighted by atomic mass is 79.9. The summed E-state index contributed by atoms with van der Waals surface area (Å²) in [6.07, 6.45) is 3.22. The van der Waals surface area contributed by atoms with E-state index in [0.29, 0.717) is 10.4 Å². The zero-order chi connectivity index (χ0) is 12.6. The highest BCUT2D eigenvalue weighted by molar-refractivity contribution is 9.10. The number of nitrogens with one attached hydrogen (secondary N) is 1. The van der Waals surface area contributed by atoms with E-state index in [1.165, 1.54) is 12.3 Å². The van der Waals surface area contributed by atoms with Crippen molar-refractivity contribution in [2.24, 2.45) is 5.92 Å². The molecule has 7 heteroatoms. The Morgan fingerprint density at radius 3 is 2.76 bits per heavy atom. The van der Waals surface area contributed by atoms with Crippen LogP contribution < -0.4 is 10.5 Å². The van der Waals surface area contributed by atoms with Gasteiger partial charge in [0.25, 0.3) is 0 Å². The molecule has 0 unspecified atom stereocenters. The molecule has 17 heavy (non-hydrogen) atoms. The van der Waals surface area contributed by atoms with Crippen LogP contribution in [0.4, 0.5) is 5.82 Å². The van der Waals surface area contributed by atoms with Gasteiger partial charge in [0.2, 0.25) is 10.0 Å². The average molecular weight is 320 g/mol. The zero-order valence-electron chi connectivity index (χ0n) is 9.35. The molecule has 5 nitrogen and oxygen atoms in total. The van der Waals surface area contributed by atoms with Gasteiger partial charge in [-0.25, -0.2) is 18.1 Å². The first kappa shape index (κ1) is 12.8. The molecule has 1 saturated carbocycles. The molecule has 0 atom stereocenters. The normalized spacial score (nSPS) is 24.4. The van der Waals surface area contributed by atoms with E-state index in [9.17, 15) is 8.42 Å². The molecule has 0 amide bonds. The summed E-state index contributed by atoms with van der Waals surface area (Å²) in [7, 11) is -3.56. The number of rotatable bonds is 3. The summed E-state index contributed by atoms with van der Waals surface area (Å²) < 4.78 is 27.4. The van der Waals surface area contributed by atoms with Crippen LogP contribution in [0.15, 0.2) is 21.6 Å². The van der Waals surface area contributed by atoms with Gasteiger partial charge in [0.15, 0.2) is 0 Å². The monoisotopic (exact) mass is 319 g/mol. The van der Waals surface area contributed by atoms with E-state index < -0.39 is 10.0 Å². The van der Waals surface area contributed by atoms with Crippen molar-refractivity contribution >= 4 is 31.8 Å². The minimum Gasteiger partial charge on any atom is -0.383 e. The smallest absolute Gasteiger partial charge is 0.244 e. The average Bonchev–Trinajstić information content (AvgIpc) is 2.19. The summed E-state index contributed by atoms with van der Waals surface area (Å²) >= 11 is 3.19. The van der Waals surface area contributed by atoms with Gasteiger partial charge in [0.1, 0.15) is 10.7 Å². The Morgan fingerprint density at radius 2 is 2.18 bits per heavy atom. The molecule has 1 heterocycles. The van der Waals surface area contributed by atoms with Gasteiger partial charge in [-0.15, -0.1) is 0 Å². The summed E-state index contributed by atoms with van der Waals surface area (Å²) in [6.45, 7) is 2.10. The number of nitrogens with zero attached hydrogens (tertiary/aromatic N) is 1. The maximum Gasteiger partial charge on any atom is 0.244 e. The Hall–Kier alpha value is -0.660. The Labute approximate surface area is 109 Å². The molecule has 1 aliphatic rings. The first-order valence-corrected chi connectivity index (χ1v) is 7.59. The predicted molar refractivity (Wildman–Crippen MR) is 68.9 cm³/mol. The fourth-order valence-electron chi connectivity index (χ4n) is 1.93. The third kappa shape index (κ3) is 2.78. The van der Waals surface area contributed by atoms with Gasteiger partial charge in [0.05, 0.1) is 0 Å². The van der Waals surface area contributed by atoms with Crippen LogP contribution in [-0.4, -0.2) is 19.4 Å². The van der Waals surface area contributed by atoms with Gasteiger partial charge in [-0.1, -0.05) is 6.92 Å². The summed E-state index contributed by atoms with van der Waals surface area (Å²) in [5, 5.41) is 0. The Kier molecular flexibility index (Phi) is 3.42. The predicted octanol–water partition coefficient (Wildman–Crippen LogP) is 1.50. The lowest BCUT2D eigenvalue weighted by Crippen LogP contribution is -2.43. The van der Waals surface area contributed by atoms with Crippen LogP contribution in [0, 0.1) is 5.92 Å². The lowest BCUT2D eigenvalue weighted by Gasteiger charge is -2.32. The van der Waals surface area contributed by atoms with Crippen LogP contribution in [0.5, 0.6) is 0 Å². The molecule has 3 N–H and O–H groups in total. The van der Waals surface area contributed by atoms with Crippen molar-refractivity contribution in [3.8, 4) is 0 Å². The van der Waals surface area contributed by atoms with Crippen LogP contribution in [0.2, 0.25) is 0 Å². The van der Waals surface area contributed by atoms with Crippen LogP contribution in [0.1, 0.15) is 19.8 Å². The second kappa shape index (κ2) is 4.55. The van der Waals surface area contributed by atoms with Crippen LogP contribution in [0.3, 0.4) is 0 Å². The van der Waals surface area contributed by atoms with Crippen molar-refractivity contribution in [1.82, 2.24) is 9.71 Å². The summed E-state index contributed by atoms with van der Waals surface area (Å²) in [5.41, 5.74) is 5.59. The molecule has 0 radical (unpaired) electrons. The SMILES string of the molecule is CC1CC(NS(=O)(=O)c2cc(Br)cnc2N)C1. The lowest BCUT2D eigenvalue weighted by molar-refractivity contribution is 0.270. The number of nitrogen functional groups attached to an aromatic ring is 1. The molecule has 0 aliphatic heterocycles. The van der Waals surface area contributed by atoms with Gasteiger partial charge in [-0.3, -0.25) is 0 Å². The molecular formula is C10H14BrN3O2S. The fourth-order valence-corrected chi connectivity index (χ4v) is 3.78. The molecule has 0 spiro atoms. The standard InChI is InChI=1S/C10H14BrN3O2S/c1-6-2-8(3-6)14-17(15,16)9-4-7(11)5-13-10(9)12/h4-6,8,14H,2-3H2,1H3,(H2,12,13). The highest BCUT2D eigenvalue weighted by Crippen LogP contribution is 2.29. The maximum atomic E-state index is 12.1. The van der Waals surface area contributed by atoms with Crippen molar-refractivity contribution in [2.45, 2.75) is 30.7 Å². The number of halogens is 1. The molecule has 0 bridgehead atoms. The minimum absolute atomic E-state index is 0.0214. The summed E-state index contributed by atoms with van der Waals surface area (Å²) in [6, 6.07) is 1.49. The van der Waals surface area contributed by atoms with E-state index in [4.69, 9.17) is 5.73 Å². The van der Waals surface area contributed by atoms with Crippen molar-refractivity contribution in [3.05, 3.63) is 16.7 Å². The molecule has 1 aromatic rings. The van der Waals surface area contributed by atoms with Crippen LogP contribution >= 0.6 is 15.9 Å². The molecule has 0 saturated heterocycles. The first-order chi connectivity index (χ1) is 7.88. The van der Waals surface area contributed by atoms with Crippen molar-refractivity contribution < 1.29 is 8.42 Å². The molecule has 1 aliphatic carbocycles. The highest BCUT2D eigenvalue weighted by Gasteiger charge is 2.30. The van der Waals surface area contributed by atoms with E-state index in [1.807, 2.05) is 0 Å². The van der Waals surface area contributed by atoms with Gasteiger partial charge in [-0.05, 0) is 40.8 Å². The Bertz CT molecular complexity index is 526. The summed E-state index contributed by atoms with van der Waals surface area (Å²) in [4.78, 5) is 3.86. The number of aromatic nitrogens is 1. The fraction of sp³-hybridized carbons (Fsp3) is 0.500. The number of pyridine rings is 1. The lowest BCUT2D eigenvalue weighted by atomic mass is 9.83. The Balaban J connectivity index is 2.22. The molecular weight excluding hydrogens is 306 g/mol. The second-order valence-electron chi connectivity index (χ2n) is 4.43. The van der Waals surface area contributed by atoms with Crippen molar-refractivity contribution in [3.63, 3.8) is 0 Å². The number of anilines is 1. The first-order valence-electron chi connectivity index (χ1n) is 5.32. The third-order valence-corrected chi connectivity index (χ3v) is 4.82. The summed E-state index contributed by atoms with van der Waals surface area (Å²) in [5.74, 6) is 0.605. The van der Waals surface area contributed by atoms with Crippen molar-refractivity contribution in [1.29, 1.82) is 0 Å². The van der Waals surface area contributed by atoms with Crippen LogP contribution in [-0.2, 0) is 10.0 Å². The second-order valence-corrected chi connectivity index (χ2v) is 7.03. The molecule has 1 aromatic heterocycles. The van der Waals surface area contributed by atoms with Crippen LogP contribution in [0.25, 0.3) is 0 Å². The number of nitrogens with two attached hydrogens (primary N) is 1. The van der Waals surface area contributed by atoms with Gasteiger partial charge in [-0.2, -0.15) is 0 Å². The van der Waals surface area contributed by atoms with E-state index in [0.717, 1.165) is 12.8 Å². The van der Waals surface area contributed by atoms with E-state index >= 15 is 0 Å². The topological polar surface area (TPSA) is 85.1 Å². The zero-order valence-corrected chi connectivity index (χ0v) is 11.8. The number of hydrogen-bond donors (Lipinski definition) is 2. The van der Waals surface area contributed by atoms with Gasteiger partial charge >= 0.3 is 0 Å². The number of hydrogen-bond acceptors (Lipinski definition) is 4. The van der Waals surface area contributed by atoms with E-state index in [-0.39, 0.29) is 16.8 Å². The quantitative estimate of drug-likeness (QED) is 0.884. The molecule has 2 rings (SSSR count). The molecule has 0 aromatic carbocycles. The van der Waals surface area contributed by atoms with Gasteiger partial charge in [0, 0.05) is 16.7 Å². The number of sulfonamides is 1. The largest absolute Gasteiger partial charge is 0.383 e. The molecule has 94 valence electrons. The van der Waals surface area contributed by atoms with Gasteiger partial charge < -0.3 is 5.73 Å². The van der Waals surface area contributed by atoms with Crippen molar-refractivity contribution in [2.75, 3.05) is 5.73 Å². The van der Waals surface area contributed by atoms with E-state index in [1.54, 1.807) is 0 Å². The maximum absolute atomic E-state index is 12.1.